The second-order valence-electron chi connectivity index (χ2n) is 5.09. The largest absolute Gasteiger partial charge is 0.492 e. The van der Waals surface area contributed by atoms with Crippen LogP contribution >= 0.6 is 0 Å². The molecule has 1 heterocycles. The maximum Gasteiger partial charge on any atom is 0.119 e. The molecule has 4 heteroatoms. The fourth-order valence-corrected chi connectivity index (χ4v) is 2.00. The monoisotopic (exact) mass is 273 g/mol. The van der Waals surface area contributed by atoms with Crippen LogP contribution in [-0.2, 0) is 6.54 Å². The lowest BCUT2D eigenvalue weighted by molar-refractivity contribution is 0.272. The van der Waals surface area contributed by atoms with E-state index >= 15 is 0 Å². The summed E-state index contributed by atoms with van der Waals surface area (Å²) in [7, 11) is 0. The molecule has 1 aromatic carbocycles. The summed E-state index contributed by atoms with van der Waals surface area (Å²) in [5.74, 6) is 0.919. The molecule has 0 bridgehead atoms. The van der Waals surface area contributed by atoms with Crippen molar-refractivity contribution in [1.82, 2.24) is 14.9 Å². The summed E-state index contributed by atoms with van der Waals surface area (Å²) >= 11 is 0. The summed E-state index contributed by atoms with van der Waals surface area (Å²) in [6.45, 7) is 8.79. The van der Waals surface area contributed by atoms with Gasteiger partial charge < -0.3 is 14.6 Å². The summed E-state index contributed by atoms with van der Waals surface area (Å²) in [5, 5.41) is 3.46. The summed E-state index contributed by atoms with van der Waals surface area (Å²) in [6.07, 6.45) is 1.90. The van der Waals surface area contributed by atoms with Gasteiger partial charge in [0.2, 0.25) is 0 Å². The first-order chi connectivity index (χ1) is 9.66. The first-order valence-electron chi connectivity index (χ1n) is 7.06. The third-order valence-electron chi connectivity index (χ3n) is 3.43. The number of nitrogens with zero attached hydrogens (tertiary/aromatic N) is 2. The van der Waals surface area contributed by atoms with E-state index in [1.165, 1.54) is 5.69 Å². The third-order valence-corrected chi connectivity index (χ3v) is 3.43. The van der Waals surface area contributed by atoms with Crippen molar-refractivity contribution >= 4 is 0 Å². The Morgan fingerprint density at radius 3 is 2.65 bits per heavy atom. The van der Waals surface area contributed by atoms with E-state index in [-0.39, 0.29) is 0 Å². The summed E-state index contributed by atoms with van der Waals surface area (Å²) in [5.41, 5.74) is 2.34. The summed E-state index contributed by atoms with van der Waals surface area (Å²) in [4.78, 5) is 4.30. The highest BCUT2D eigenvalue weighted by atomic mass is 16.5. The molecule has 4 nitrogen and oxygen atoms in total. The highest BCUT2D eigenvalue weighted by Crippen LogP contribution is 2.08. The maximum absolute atomic E-state index is 5.72. The molecule has 108 valence electrons. The van der Waals surface area contributed by atoms with Gasteiger partial charge in [0.05, 0.1) is 12.0 Å². The molecule has 0 amide bonds. The predicted molar refractivity (Wildman–Crippen MR) is 81.1 cm³/mol. The van der Waals surface area contributed by atoms with E-state index in [1.54, 1.807) is 0 Å². The van der Waals surface area contributed by atoms with Crippen LogP contribution in [0, 0.1) is 13.8 Å². The van der Waals surface area contributed by atoms with E-state index in [2.05, 4.69) is 28.7 Å². The molecule has 1 atom stereocenters. The van der Waals surface area contributed by atoms with Crippen molar-refractivity contribution in [2.75, 3.05) is 13.2 Å². The van der Waals surface area contributed by atoms with Crippen molar-refractivity contribution in [3.8, 4) is 5.75 Å². The Kier molecular flexibility index (Phi) is 5.18. The Morgan fingerprint density at radius 1 is 1.25 bits per heavy atom. The van der Waals surface area contributed by atoms with Gasteiger partial charge in [-0.25, -0.2) is 4.98 Å². The second-order valence-corrected chi connectivity index (χ2v) is 5.09. The molecule has 1 unspecified atom stereocenters. The Morgan fingerprint density at radius 2 is 2.00 bits per heavy atom. The average Bonchev–Trinajstić information content (AvgIpc) is 2.78. The number of para-hydroxylation sites is 1. The van der Waals surface area contributed by atoms with Gasteiger partial charge in [0.1, 0.15) is 12.4 Å². The zero-order chi connectivity index (χ0) is 14.4. The smallest absolute Gasteiger partial charge is 0.119 e. The van der Waals surface area contributed by atoms with Gasteiger partial charge in [0, 0.05) is 24.8 Å². The van der Waals surface area contributed by atoms with Gasteiger partial charge in [0.15, 0.2) is 0 Å². The first-order valence-corrected chi connectivity index (χ1v) is 7.06. The standard InChI is InChI=1S/C16H23N3O/c1-13(11-20-16-7-5-4-6-8-16)17-9-10-19-12-18-14(2)15(19)3/h4-8,12-13,17H,9-11H2,1-3H3. The van der Waals surface area contributed by atoms with E-state index in [0.717, 1.165) is 24.5 Å². The fraction of sp³-hybridized carbons (Fsp3) is 0.438. The van der Waals surface area contributed by atoms with Gasteiger partial charge in [-0.05, 0) is 32.9 Å². The normalized spacial score (nSPS) is 12.3. The highest BCUT2D eigenvalue weighted by molar-refractivity contribution is 5.20. The minimum Gasteiger partial charge on any atom is -0.492 e. The maximum atomic E-state index is 5.72. The zero-order valence-corrected chi connectivity index (χ0v) is 12.5. The predicted octanol–water partition coefficient (Wildman–Crippen LogP) is 2.56. The summed E-state index contributed by atoms with van der Waals surface area (Å²) in [6, 6.07) is 10.2. The van der Waals surface area contributed by atoms with Gasteiger partial charge in [0.25, 0.3) is 0 Å². The molecule has 20 heavy (non-hydrogen) atoms. The van der Waals surface area contributed by atoms with Crippen LogP contribution in [0.4, 0.5) is 0 Å². The Bertz CT molecular complexity index is 522. The number of aryl methyl sites for hydroxylation is 1. The molecule has 1 N–H and O–H groups in total. The molecule has 2 rings (SSSR count). The molecule has 0 aliphatic heterocycles. The topological polar surface area (TPSA) is 39.1 Å². The number of imidazole rings is 1. The molecular formula is C16H23N3O. The molecule has 1 aromatic heterocycles. The van der Waals surface area contributed by atoms with Crippen LogP contribution in [0.1, 0.15) is 18.3 Å². The lowest BCUT2D eigenvalue weighted by Gasteiger charge is -2.15. The highest BCUT2D eigenvalue weighted by Gasteiger charge is 2.04. The number of hydrogen-bond acceptors (Lipinski definition) is 3. The van der Waals surface area contributed by atoms with Crippen molar-refractivity contribution in [2.45, 2.75) is 33.4 Å². The van der Waals surface area contributed by atoms with E-state index in [9.17, 15) is 0 Å². The SMILES string of the molecule is Cc1ncn(CCNC(C)COc2ccccc2)c1C. The van der Waals surface area contributed by atoms with Crippen LogP contribution in [0.15, 0.2) is 36.7 Å². The van der Waals surface area contributed by atoms with Gasteiger partial charge in [-0.3, -0.25) is 0 Å². The van der Waals surface area contributed by atoms with Gasteiger partial charge in [-0.1, -0.05) is 18.2 Å². The number of benzene rings is 1. The first kappa shape index (κ1) is 14.6. The van der Waals surface area contributed by atoms with Crippen molar-refractivity contribution in [1.29, 1.82) is 0 Å². The van der Waals surface area contributed by atoms with Crippen LogP contribution < -0.4 is 10.1 Å². The van der Waals surface area contributed by atoms with Crippen LogP contribution in [0.2, 0.25) is 0 Å². The van der Waals surface area contributed by atoms with Crippen LogP contribution in [0.25, 0.3) is 0 Å². The van der Waals surface area contributed by atoms with E-state index < -0.39 is 0 Å². The number of ether oxygens (including phenoxy) is 1. The summed E-state index contributed by atoms with van der Waals surface area (Å²) < 4.78 is 7.89. The minimum absolute atomic E-state index is 0.320. The van der Waals surface area contributed by atoms with Crippen molar-refractivity contribution in [3.05, 3.63) is 48.0 Å². The van der Waals surface area contributed by atoms with Gasteiger partial charge >= 0.3 is 0 Å². The van der Waals surface area contributed by atoms with Gasteiger partial charge in [-0.2, -0.15) is 0 Å². The number of hydrogen-bond donors (Lipinski definition) is 1. The number of nitrogens with one attached hydrogen (secondary N) is 1. The molecule has 2 aromatic rings. The van der Waals surface area contributed by atoms with Crippen molar-refractivity contribution in [2.24, 2.45) is 0 Å². The minimum atomic E-state index is 0.320. The van der Waals surface area contributed by atoms with Crippen LogP contribution in [0.5, 0.6) is 5.75 Å². The number of aromatic nitrogens is 2. The molecular weight excluding hydrogens is 250 g/mol. The molecule has 0 aliphatic rings. The van der Waals surface area contributed by atoms with Crippen LogP contribution in [0.3, 0.4) is 0 Å². The zero-order valence-electron chi connectivity index (χ0n) is 12.5. The van der Waals surface area contributed by atoms with Crippen LogP contribution in [-0.4, -0.2) is 28.7 Å². The lowest BCUT2D eigenvalue weighted by atomic mass is 10.3. The molecule has 0 saturated heterocycles. The molecule has 0 fully saturated rings. The Labute approximate surface area is 120 Å². The Balaban J connectivity index is 1.68. The van der Waals surface area contributed by atoms with Crippen molar-refractivity contribution < 1.29 is 4.74 Å². The second kappa shape index (κ2) is 7.10. The van der Waals surface area contributed by atoms with E-state index in [0.29, 0.717) is 12.6 Å². The molecule has 0 aliphatic carbocycles. The van der Waals surface area contributed by atoms with Gasteiger partial charge in [-0.15, -0.1) is 0 Å². The molecule has 0 radical (unpaired) electrons. The van der Waals surface area contributed by atoms with E-state index in [4.69, 9.17) is 4.74 Å². The quantitative estimate of drug-likeness (QED) is 0.842. The van der Waals surface area contributed by atoms with Crippen molar-refractivity contribution in [3.63, 3.8) is 0 Å². The fourth-order valence-electron chi connectivity index (χ4n) is 2.00. The Hall–Kier alpha value is -1.81. The lowest BCUT2D eigenvalue weighted by Crippen LogP contribution is -2.34. The molecule has 0 saturated carbocycles. The molecule has 0 spiro atoms. The number of rotatable bonds is 7. The average molecular weight is 273 g/mol. The third kappa shape index (κ3) is 4.10. The van der Waals surface area contributed by atoms with E-state index in [1.807, 2.05) is 43.6 Å².